The molecule has 0 atom stereocenters. The lowest BCUT2D eigenvalue weighted by molar-refractivity contribution is 0.0974. The molecular formula is C6H3N2OS. The van der Waals surface area contributed by atoms with Gasteiger partial charge in [-0.1, -0.05) is 0 Å². The Labute approximate surface area is 61.4 Å². The molecule has 0 aliphatic carbocycles. The van der Waals surface area contributed by atoms with Crippen molar-refractivity contribution in [2.45, 2.75) is 0 Å². The maximum absolute atomic E-state index is 10.9. The van der Waals surface area contributed by atoms with Gasteiger partial charge in [0.25, 0.3) is 5.91 Å². The zero-order chi connectivity index (χ0) is 6.97. The first kappa shape index (κ1) is 5.61. The van der Waals surface area contributed by atoms with Crippen molar-refractivity contribution in [3.05, 3.63) is 16.3 Å². The van der Waals surface area contributed by atoms with E-state index in [-0.39, 0.29) is 5.91 Å². The van der Waals surface area contributed by atoms with Crippen LogP contribution >= 0.6 is 11.3 Å². The van der Waals surface area contributed by atoms with Crippen LogP contribution in [0, 0.1) is 0 Å². The Morgan fingerprint density at radius 1 is 1.40 bits per heavy atom. The molecule has 1 aromatic heterocycles. The van der Waals surface area contributed by atoms with E-state index >= 15 is 0 Å². The smallest absolute Gasteiger partial charge is 0.267 e. The van der Waals surface area contributed by atoms with Gasteiger partial charge >= 0.3 is 0 Å². The average molecular weight is 151 g/mol. The predicted molar refractivity (Wildman–Crippen MR) is 38.9 cm³/mol. The van der Waals surface area contributed by atoms with Crippen molar-refractivity contribution < 1.29 is 4.79 Å². The molecule has 1 aliphatic heterocycles. The van der Waals surface area contributed by atoms with E-state index in [1.54, 1.807) is 5.38 Å². The molecule has 0 saturated carbocycles. The summed E-state index contributed by atoms with van der Waals surface area (Å²) in [7, 11) is 0. The minimum atomic E-state index is -0.189. The zero-order valence-electron chi connectivity index (χ0n) is 4.94. The van der Waals surface area contributed by atoms with Crippen molar-refractivity contribution in [3.8, 4) is 0 Å². The van der Waals surface area contributed by atoms with Crippen LogP contribution in [0.4, 0.5) is 5.69 Å². The Balaban J connectivity index is 2.62. The number of carbonyl (C=O) groups excluding carboxylic acids is 1. The number of thiophene rings is 1. The molecule has 10 heavy (non-hydrogen) atoms. The molecule has 4 heteroatoms. The molecule has 0 bridgehead atoms. The molecular weight excluding hydrogens is 148 g/mol. The molecule has 1 amide bonds. The molecule has 0 unspecified atom stereocenters. The maximum atomic E-state index is 10.9. The van der Waals surface area contributed by atoms with Crippen LogP contribution in [-0.4, -0.2) is 12.2 Å². The molecule has 49 valence electrons. The lowest BCUT2D eigenvalue weighted by Gasteiger charge is -1.99. The first-order chi connectivity index (χ1) is 4.88. The number of aliphatic imine (C=N–C) groups is 1. The van der Waals surface area contributed by atoms with Crippen molar-refractivity contribution in [1.82, 2.24) is 5.32 Å². The number of nitrogens with zero attached hydrogens (tertiary/aromatic N) is 2. The van der Waals surface area contributed by atoms with Crippen molar-refractivity contribution >= 4 is 29.3 Å². The van der Waals surface area contributed by atoms with Crippen molar-refractivity contribution in [2.24, 2.45) is 4.99 Å². The summed E-state index contributed by atoms with van der Waals surface area (Å²) in [5.74, 6) is -0.189. The Kier molecular flexibility index (Phi) is 1.07. The lowest BCUT2D eigenvalue weighted by Crippen LogP contribution is -2.15. The summed E-state index contributed by atoms with van der Waals surface area (Å²) in [6.07, 6.45) is 1.29. The van der Waals surface area contributed by atoms with Gasteiger partial charge in [-0.05, 0) is 0 Å². The highest BCUT2D eigenvalue weighted by Gasteiger charge is 2.15. The van der Waals surface area contributed by atoms with Crippen LogP contribution < -0.4 is 5.32 Å². The normalized spacial score (nSPS) is 14.6. The average Bonchev–Trinajstić information content (AvgIpc) is 2.36. The number of hydrogen-bond donors (Lipinski definition) is 0. The fourth-order valence-electron chi connectivity index (χ4n) is 0.763. The van der Waals surface area contributed by atoms with Gasteiger partial charge in [-0.15, -0.1) is 11.3 Å². The second-order valence-corrected chi connectivity index (χ2v) is 2.59. The third-order valence-electron chi connectivity index (χ3n) is 1.24. The van der Waals surface area contributed by atoms with Gasteiger partial charge in [0.05, 0.1) is 11.3 Å². The van der Waals surface area contributed by atoms with E-state index in [0.717, 1.165) is 5.69 Å². The van der Waals surface area contributed by atoms with E-state index in [4.69, 9.17) is 0 Å². The minimum Gasteiger partial charge on any atom is -0.267 e. The lowest BCUT2D eigenvalue weighted by atomic mass is 10.2. The topological polar surface area (TPSA) is 43.5 Å². The second kappa shape index (κ2) is 1.91. The van der Waals surface area contributed by atoms with Crippen molar-refractivity contribution in [1.29, 1.82) is 0 Å². The Morgan fingerprint density at radius 2 is 2.30 bits per heavy atom. The minimum absolute atomic E-state index is 0.189. The summed E-state index contributed by atoms with van der Waals surface area (Å²) < 4.78 is 0. The van der Waals surface area contributed by atoms with Crippen LogP contribution in [0.5, 0.6) is 0 Å². The summed E-state index contributed by atoms with van der Waals surface area (Å²) in [4.78, 5) is 14.8. The van der Waals surface area contributed by atoms with Gasteiger partial charge in [0.1, 0.15) is 6.34 Å². The van der Waals surface area contributed by atoms with Gasteiger partial charge in [0, 0.05) is 10.8 Å². The van der Waals surface area contributed by atoms with E-state index in [2.05, 4.69) is 10.3 Å². The zero-order valence-corrected chi connectivity index (χ0v) is 5.76. The molecule has 3 nitrogen and oxygen atoms in total. The number of amides is 1. The molecule has 1 radical (unpaired) electrons. The summed E-state index contributed by atoms with van der Waals surface area (Å²) in [5.41, 5.74) is 1.36. The molecule has 1 aliphatic rings. The van der Waals surface area contributed by atoms with Crippen LogP contribution in [0.25, 0.3) is 0 Å². The molecule has 2 heterocycles. The molecule has 0 N–H and O–H groups in total. The maximum Gasteiger partial charge on any atom is 0.281 e. The fraction of sp³-hybridized carbons (Fsp3) is 0. The number of fused-ring (bicyclic) bond motifs is 1. The number of hydrogen-bond acceptors (Lipinski definition) is 3. The molecule has 0 saturated heterocycles. The van der Waals surface area contributed by atoms with Crippen LogP contribution in [0.15, 0.2) is 15.8 Å². The molecule has 0 aromatic carbocycles. The summed E-state index contributed by atoms with van der Waals surface area (Å²) in [6, 6.07) is 0. The number of rotatable bonds is 0. The standard InChI is InChI=1S/C6H3N2OS/c9-6-4-1-10-2-5(4)7-3-8-6/h1-3H. The van der Waals surface area contributed by atoms with Gasteiger partial charge in [0.2, 0.25) is 0 Å². The van der Waals surface area contributed by atoms with Crippen LogP contribution in [0.3, 0.4) is 0 Å². The summed E-state index contributed by atoms with van der Waals surface area (Å²) in [6.45, 7) is 0. The van der Waals surface area contributed by atoms with Crippen LogP contribution in [0.2, 0.25) is 0 Å². The van der Waals surface area contributed by atoms with Gasteiger partial charge in [0.15, 0.2) is 0 Å². The van der Waals surface area contributed by atoms with Crippen LogP contribution in [-0.2, 0) is 0 Å². The van der Waals surface area contributed by atoms with E-state index in [0.29, 0.717) is 5.56 Å². The van der Waals surface area contributed by atoms with E-state index < -0.39 is 0 Å². The monoisotopic (exact) mass is 151 g/mol. The predicted octanol–water partition coefficient (Wildman–Crippen LogP) is 1.17. The molecule has 0 spiro atoms. The quantitative estimate of drug-likeness (QED) is 0.548. The fourth-order valence-corrected chi connectivity index (χ4v) is 1.51. The van der Waals surface area contributed by atoms with E-state index in [1.165, 1.54) is 17.7 Å². The highest BCUT2D eigenvalue weighted by molar-refractivity contribution is 7.08. The SMILES string of the molecule is O=C1[N]C=Nc2cscc21. The third kappa shape index (κ3) is 0.657. The summed E-state index contributed by atoms with van der Waals surface area (Å²) in [5, 5.41) is 7.11. The van der Waals surface area contributed by atoms with Gasteiger partial charge in [-0.2, -0.15) is 5.32 Å². The highest BCUT2D eigenvalue weighted by atomic mass is 32.1. The van der Waals surface area contributed by atoms with Gasteiger partial charge in [-0.25, -0.2) is 4.99 Å². The Bertz CT molecular complexity index is 302. The highest BCUT2D eigenvalue weighted by Crippen LogP contribution is 2.25. The van der Waals surface area contributed by atoms with Gasteiger partial charge < -0.3 is 0 Å². The Morgan fingerprint density at radius 3 is 3.10 bits per heavy atom. The van der Waals surface area contributed by atoms with Crippen molar-refractivity contribution in [2.75, 3.05) is 0 Å². The molecule has 0 fully saturated rings. The molecule has 2 rings (SSSR count). The summed E-state index contributed by atoms with van der Waals surface area (Å²) >= 11 is 1.46. The first-order valence-corrected chi connectivity index (χ1v) is 3.66. The van der Waals surface area contributed by atoms with Crippen LogP contribution in [0.1, 0.15) is 10.4 Å². The number of carbonyl (C=O) groups is 1. The third-order valence-corrected chi connectivity index (χ3v) is 1.97. The Hall–Kier alpha value is -1.16. The van der Waals surface area contributed by atoms with E-state index in [1.807, 2.05) is 5.38 Å². The largest absolute Gasteiger partial charge is 0.281 e. The second-order valence-electron chi connectivity index (χ2n) is 1.85. The van der Waals surface area contributed by atoms with Gasteiger partial charge in [-0.3, -0.25) is 4.79 Å². The first-order valence-electron chi connectivity index (χ1n) is 2.72. The van der Waals surface area contributed by atoms with Crippen molar-refractivity contribution in [3.63, 3.8) is 0 Å². The molecule has 1 aromatic rings. The van der Waals surface area contributed by atoms with E-state index in [9.17, 15) is 4.79 Å².